The highest BCUT2D eigenvalue weighted by molar-refractivity contribution is 7.99. The molecule has 0 unspecified atom stereocenters. The van der Waals surface area contributed by atoms with Gasteiger partial charge in [0.05, 0.1) is 0 Å². The molecule has 3 heteroatoms. The molecule has 1 aromatic carbocycles. The molecule has 0 bridgehead atoms. The van der Waals surface area contributed by atoms with Gasteiger partial charge in [0.2, 0.25) is 5.91 Å². The molecule has 0 saturated carbocycles. The second kappa shape index (κ2) is 7.96. The number of benzene rings is 1. The van der Waals surface area contributed by atoms with E-state index in [1.807, 2.05) is 25.1 Å². The van der Waals surface area contributed by atoms with Crippen molar-refractivity contribution in [3.05, 3.63) is 42.5 Å². The number of rotatable bonds is 7. The zero-order chi connectivity index (χ0) is 12.5. The number of amides is 1. The van der Waals surface area contributed by atoms with Gasteiger partial charge in [0.25, 0.3) is 0 Å². The van der Waals surface area contributed by atoms with Crippen LogP contribution in [0.2, 0.25) is 0 Å². The largest absolute Gasteiger partial charge is 0.352 e. The number of carbonyl (C=O) groups excluding carboxylic acids is 1. The van der Waals surface area contributed by atoms with E-state index in [2.05, 4.69) is 24.0 Å². The van der Waals surface area contributed by atoms with Crippen molar-refractivity contribution in [2.24, 2.45) is 0 Å². The molecular weight excluding hydrogens is 230 g/mol. The minimum Gasteiger partial charge on any atom is -0.352 e. The molecule has 92 valence electrons. The molecule has 0 aromatic heterocycles. The second-order valence-corrected chi connectivity index (χ2v) is 4.94. The highest BCUT2D eigenvalue weighted by Crippen LogP contribution is 2.19. The van der Waals surface area contributed by atoms with Crippen LogP contribution in [0.3, 0.4) is 0 Å². The van der Waals surface area contributed by atoms with Crippen molar-refractivity contribution in [2.45, 2.75) is 24.7 Å². The van der Waals surface area contributed by atoms with Gasteiger partial charge in [-0.3, -0.25) is 4.79 Å². The summed E-state index contributed by atoms with van der Waals surface area (Å²) in [6.07, 6.45) is 1.69. The van der Waals surface area contributed by atoms with E-state index in [0.717, 1.165) is 25.1 Å². The van der Waals surface area contributed by atoms with Crippen LogP contribution in [0.5, 0.6) is 0 Å². The van der Waals surface area contributed by atoms with Crippen LogP contribution in [0.25, 0.3) is 0 Å². The van der Waals surface area contributed by atoms with Gasteiger partial charge in [0, 0.05) is 22.8 Å². The zero-order valence-electron chi connectivity index (χ0n) is 10.2. The molecule has 0 atom stereocenters. The summed E-state index contributed by atoms with van der Waals surface area (Å²) in [7, 11) is 0. The lowest BCUT2D eigenvalue weighted by Crippen LogP contribution is -2.25. The molecule has 1 rings (SSSR count). The molecule has 17 heavy (non-hydrogen) atoms. The van der Waals surface area contributed by atoms with Crippen LogP contribution in [0.4, 0.5) is 0 Å². The molecule has 2 nitrogen and oxygen atoms in total. The van der Waals surface area contributed by atoms with E-state index in [9.17, 15) is 4.79 Å². The van der Waals surface area contributed by atoms with Crippen LogP contribution in [-0.4, -0.2) is 18.2 Å². The number of nitrogens with one attached hydrogen (secondary N) is 1. The van der Waals surface area contributed by atoms with Crippen LogP contribution in [-0.2, 0) is 4.79 Å². The lowest BCUT2D eigenvalue weighted by Gasteiger charge is -2.06. The van der Waals surface area contributed by atoms with Gasteiger partial charge in [0.15, 0.2) is 0 Å². The molecule has 0 aliphatic rings. The molecule has 0 heterocycles. The summed E-state index contributed by atoms with van der Waals surface area (Å²) in [6, 6.07) is 10.2. The molecule has 0 fully saturated rings. The van der Waals surface area contributed by atoms with Crippen molar-refractivity contribution >= 4 is 17.7 Å². The lowest BCUT2D eigenvalue weighted by atomic mass is 10.2. The summed E-state index contributed by atoms with van der Waals surface area (Å²) >= 11 is 1.75. The molecular formula is C14H19NOS. The average Bonchev–Trinajstić information content (AvgIpc) is 2.37. The van der Waals surface area contributed by atoms with Gasteiger partial charge in [-0.1, -0.05) is 31.7 Å². The van der Waals surface area contributed by atoms with E-state index in [0.29, 0.717) is 5.57 Å². The summed E-state index contributed by atoms with van der Waals surface area (Å²) in [5.74, 6) is 0.878. The number of thioether (sulfide) groups is 1. The first-order valence-electron chi connectivity index (χ1n) is 5.88. The minimum atomic E-state index is -0.0134. The van der Waals surface area contributed by atoms with Crippen molar-refractivity contribution < 1.29 is 4.79 Å². The molecule has 0 radical (unpaired) electrons. The van der Waals surface area contributed by atoms with E-state index in [1.54, 1.807) is 11.8 Å². The summed E-state index contributed by atoms with van der Waals surface area (Å²) in [6.45, 7) is 6.58. The normalized spacial score (nSPS) is 9.94. The average molecular weight is 249 g/mol. The molecule has 1 amide bonds. The van der Waals surface area contributed by atoms with Crippen molar-refractivity contribution in [1.29, 1.82) is 0 Å². The fourth-order valence-corrected chi connectivity index (χ4v) is 2.22. The predicted molar refractivity (Wildman–Crippen MR) is 74.2 cm³/mol. The number of hydrogen-bond acceptors (Lipinski definition) is 2. The molecule has 0 aliphatic carbocycles. The topological polar surface area (TPSA) is 29.1 Å². The van der Waals surface area contributed by atoms with Crippen LogP contribution in [0.1, 0.15) is 19.8 Å². The predicted octanol–water partition coefficient (Wildman–Crippen LogP) is 3.25. The molecule has 1 aromatic rings. The third kappa shape index (κ3) is 5.59. The Bertz CT molecular complexity index is 362. The SMILES string of the molecule is C=C(CCSc1ccccc1)C(=O)NCCC. The Kier molecular flexibility index (Phi) is 6.48. The standard InChI is InChI=1S/C14H19NOS/c1-3-10-15-14(16)12(2)9-11-17-13-7-5-4-6-8-13/h4-8H,2-3,9-11H2,1H3,(H,15,16). The third-order valence-corrected chi connectivity index (χ3v) is 3.29. The van der Waals surface area contributed by atoms with E-state index in [1.165, 1.54) is 4.90 Å². The monoisotopic (exact) mass is 249 g/mol. The quantitative estimate of drug-likeness (QED) is 0.593. The van der Waals surface area contributed by atoms with Gasteiger partial charge in [-0.15, -0.1) is 11.8 Å². The first-order valence-corrected chi connectivity index (χ1v) is 6.86. The van der Waals surface area contributed by atoms with E-state index >= 15 is 0 Å². The maximum Gasteiger partial charge on any atom is 0.246 e. The second-order valence-electron chi connectivity index (χ2n) is 3.77. The van der Waals surface area contributed by atoms with Gasteiger partial charge in [-0.2, -0.15) is 0 Å². The summed E-state index contributed by atoms with van der Waals surface area (Å²) in [4.78, 5) is 12.8. The number of carbonyl (C=O) groups is 1. The molecule has 0 aliphatic heterocycles. The van der Waals surface area contributed by atoms with Gasteiger partial charge >= 0.3 is 0 Å². The molecule has 0 spiro atoms. The Morgan fingerprint density at radius 2 is 2.06 bits per heavy atom. The maximum absolute atomic E-state index is 11.5. The van der Waals surface area contributed by atoms with Gasteiger partial charge in [-0.05, 0) is 25.0 Å². The Hall–Kier alpha value is -1.22. The van der Waals surface area contributed by atoms with Gasteiger partial charge in [0.1, 0.15) is 0 Å². The van der Waals surface area contributed by atoms with Crippen molar-refractivity contribution in [2.75, 3.05) is 12.3 Å². The minimum absolute atomic E-state index is 0.0134. The third-order valence-electron chi connectivity index (χ3n) is 2.27. The van der Waals surface area contributed by atoms with Crippen molar-refractivity contribution in [1.82, 2.24) is 5.32 Å². The Labute approximate surface area is 107 Å². The van der Waals surface area contributed by atoms with Crippen molar-refractivity contribution in [3.8, 4) is 0 Å². The fraction of sp³-hybridized carbons (Fsp3) is 0.357. The van der Waals surface area contributed by atoms with Crippen LogP contribution in [0, 0.1) is 0 Å². The summed E-state index contributed by atoms with van der Waals surface area (Å²) in [5.41, 5.74) is 0.668. The fourth-order valence-electron chi connectivity index (χ4n) is 1.29. The summed E-state index contributed by atoms with van der Waals surface area (Å²) < 4.78 is 0. The van der Waals surface area contributed by atoms with Gasteiger partial charge in [-0.25, -0.2) is 0 Å². The summed E-state index contributed by atoms with van der Waals surface area (Å²) in [5, 5.41) is 2.83. The zero-order valence-corrected chi connectivity index (χ0v) is 11.1. The lowest BCUT2D eigenvalue weighted by molar-refractivity contribution is -0.117. The van der Waals surface area contributed by atoms with E-state index in [-0.39, 0.29) is 5.91 Å². The Morgan fingerprint density at radius 3 is 2.71 bits per heavy atom. The first-order chi connectivity index (χ1) is 8.24. The highest BCUT2D eigenvalue weighted by atomic mass is 32.2. The number of hydrogen-bond donors (Lipinski definition) is 1. The molecule has 0 saturated heterocycles. The van der Waals surface area contributed by atoms with Crippen LogP contribution < -0.4 is 5.32 Å². The molecule has 1 N–H and O–H groups in total. The first kappa shape index (κ1) is 13.8. The van der Waals surface area contributed by atoms with Crippen LogP contribution >= 0.6 is 11.8 Å². The van der Waals surface area contributed by atoms with E-state index in [4.69, 9.17) is 0 Å². The maximum atomic E-state index is 11.5. The smallest absolute Gasteiger partial charge is 0.246 e. The van der Waals surface area contributed by atoms with E-state index < -0.39 is 0 Å². The van der Waals surface area contributed by atoms with Crippen molar-refractivity contribution in [3.63, 3.8) is 0 Å². The highest BCUT2D eigenvalue weighted by Gasteiger charge is 2.05. The Balaban J connectivity index is 2.22. The Morgan fingerprint density at radius 1 is 1.35 bits per heavy atom. The van der Waals surface area contributed by atoms with Crippen LogP contribution in [0.15, 0.2) is 47.4 Å². The van der Waals surface area contributed by atoms with Gasteiger partial charge < -0.3 is 5.32 Å².